The Bertz CT molecular complexity index is 303. The van der Waals surface area contributed by atoms with E-state index in [0.29, 0.717) is 5.69 Å². The third-order valence-corrected chi connectivity index (χ3v) is 2.36. The van der Waals surface area contributed by atoms with E-state index in [1.807, 2.05) is 6.92 Å². The van der Waals surface area contributed by atoms with E-state index >= 15 is 0 Å². The minimum absolute atomic E-state index is 0.114. The van der Waals surface area contributed by atoms with Crippen molar-refractivity contribution in [2.24, 2.45) is 5.92 Å². The maximum Gasteiger partial charge on any atom is 0.165 e. The second kappa shape index (κ2) is 4.80. The Balaban J connectivity index is 2.74. The van der Waals surface area contributed by atoms with E-state index in [2.05, 4.69) is 6.92 Å². The first-order valence-electron chi connectivity index (χ1n) is 5.05. The van der Waals surface area contributed by atoms with Gasteiger partial charge in [-0.15, -0.1) is 0 Å². The molecule has 1 rings (SSSR count). The maximum atomic E-state index is 11.8. The van der Waals surface area contributed by atoms with Crippen LogP contribution >= 0.6 is 0 Å². The SMILES string of the molecule is CCCC(C)C(=O)c1ccc(N)cc1. The lowest BCUT2D eigenvalue weighted by atomic mass is 9.95. The molecule has 0 heterocycles. The molecule has 76 valence electrons. The van der Waals surface area contributed by atoms with Crippen LogP contribution in [0.3, 0.4) is 0 Å². The molecule has 2 heteroatoms. The first-order valence-corrected chi connectivity index (χ1v) is 5.05. The molecule has 0 radical (unpaired) electrons. The number of hydrogen-bond donors (Lipinski definition) is 1. The van der Waals surface area contributed by atoms with Crippen LogP contribution < -0.4 is 5.73 Å². The Morgan fingerprint density at radius 3 is 2.43 bits per heavy atom. The van der Waals surface area contributed by atoms with Gasteiger partial charge in [-0.1, -0.05) is 20.3 Å². The Hall–Kier alpha value is -1.31. The third kappa shape index (κ3) is 2.59. The van der Waals surface area contributed by atoms with Gasteiger partial charge in [0.15, 0.2) is 5.78 Å². The smallest absolute Gasteiger partial charge is 0.165 e. The fraction of sp³-hybridized carbons (Fsp3) is 0.417. The van der Waals surface area contributed by atoms with Crippen molar-refractivity contribution in [3.8, 4) is 0 Å². The van der Waals surface area contributed by atoms with E-state index in [1.165, 1.54) is 0 Å². The average Bonchev–Trinajstić information content (AvgIpc) is 2.18. The number of ketones is 1. The molecule has 1 aromatic rings. The summed E-state index contributed by atoms with van der Waals surface area (Å²) in [5.74, 6) is 0.329. The summed E-state index contributed by atoms with van der Waals surface area (Å²) in [6.07, 6.45) is 1.99. The van der Waals surface area contributed by atoms with Crippen molar-refractivity contribution in [2.75, 3.05) is 5.73 Å². The molecule has 0 bridgehead atoms. The van der Waals surface area contributed by atoms with E-state index in [0.717, 1.165) is 18.4 Å². The molecule has 2 nitrogen and oxygen atoms in total. The molecule has 1 unspecified atom stereocenters. The molecule has 0 saturated heterocycles. The molecule has 14 heavy (non-hydrogen) atoms. The number of hydrogen-bond acceptors (Lipinski definition) is 2. The van der Waals surface area contributed by atoms with Crippen LogP contribution in [0.1, 0.15) is 37.0 Å². The molecule has 0 fully saturated rings. The number of nitrogen functional groups attached to an aromatic ring is 1. The second-order valence-corrected chi connectivity index (χ2v) is 3.68. The van der Waals surface area contributed by atoms with E-state index in [1.54, 1.807) is 24.3 Å². The number of benzene rings is 1. The quantitative estimate of drug-likeness (QED) is 0.587. The van der Waals surface area contributed by atoms with Crippen LogP contribution in [0, 0.1) is 5.92 Å². The highest BCUT2D eigenvalue weighted by atomic mass is 16.1. The molecule has 2 N–H and O–H groups in total. The highest BCUT2D eigenvalue weighted by molar-refractivity contribution is 5.97. The van der Waals surface area contributed by atoms with E-state index in [-0.39, 0.29) is 11.7 Å². The second-order valence-electron chi connectivity index (χ2n) is 3.68. The van der Waals surface area contributed by atoms with Crippen LogP contribution in [0.4, 0.5) is 5.69 Å². The lowest BCUT2D eigenvalue weighted by molar-refractivity contribution is 0.0923. The fourth-order valence-electron chi connectivity index (χ4n) is 1.50. The summed E-state index contributed by atoms with van der Waals surface area (Å²) in [6, 6.07) is 7.13. The summed E-state index contributed by atoms with van der Waals surface area (Å²) in [4.78, 5) is 11.8. The van der Waals surface area contributed by atoms with Gasteiger partial charge in [-0.05, 0) is 30.7 Å². The standard InChI is InChI=1S/C12H17NO/c1-3-4-9(2)12(14)10-5-7-11(13)8-6-10/h5-9H,3-4,13H2,1-2H3. The van der Waals surface area contributed by atoms with Gasteiger partial charge in [0.1, 0.15) is 0 Å². The summed E-state index contributed by atoms with van der Waals surface area (Å²) in [7, 11) is 0. The van der Waals surface area contributed by atoms with E-state index in [4.69, 9.17) is 5.73 Å². The van der Waals surface area contributed by atoms with Crippen LogP contribution in [-0.2, 0) is 0 Å². The molecule has 0 spiro atoms. The normalized spacial score (nSPS) is 12.4. The van der Waals surface area contributed by atoms with Crippen molar-refractivity contribution in [2.45, 2.75) is 26.7 Å². The number of Topliss-reactive ketones (excluding diaryl/α,β-unsaturated/α-hetero) is 1. The zero-order valence-corrected chi connectivity index (χ0v) is 8.79. The highest BCUT2D eigenvalue weighted by Gasteiger charge is 2.13. The van der Waals surface area contributed by atoms with Crippen molar-refractivity contribution in [3.05, 3.63) is 29.8 Å². The zero-order chi connectivity index (χ0) is 10.6. The predicted molar refractivity (Wildman–Crippen MR) is 59.3 cm³/mol. The topological polar surface area (TPSA) is 43.1 Å². The van der Waals surface area contributed by atoms with Gasteiger partial charge in [0, 0.05) is 17.2 Å². The maximum absolute atomic E-state index is 11.8. The minimum Gasteiger partial charge on any atom is -0.399 e. The zero-order valence-electron chi connectivity index (χ0n) is 8.79. The summed E-state index contributed by atoms with van der Waals surface area (Å²) in [5, 5.41) is 0. The predicted octanol–water partition coefficient (Wildman–Crippen LogP) is 2.89. The summed E-state index contributed by atoms with van der Waals surface area (Å²) in [5.41, 5.74) is 7.01. The lowest BCUT2D eigenvalue weighted by Crippen LogP contribution is -2.10. The van der Waals surface area contributed by atoms with Gasteiger partial charge in [-0.3, -0.25) is 4.79 Å². The number of anilines is 1. The Morgan fingerprint density at radius 2 is 1.93 bits per heavy atom. The van der Waals surface area contributed by atoms with Crippen LogP contribution in [0.15, 0.2) is 24.3 Å². The number of nitrogens with two attached hydrogens (primary N) is 1. The van der Waals surface area contributed by atoms with Crippen molar-refractivity contribution in [3.63, 3.8) is 0 Å². The number of carbonyl (C=O) groups is 1. The summed E-state index contributed by atoms with van der Waals surface area (Å²) < 4.78 is 0. The van der Waals surface area contributed by atoms with Gasteiger partial charge >= 0.3 is 0 Å². The molecule has 0 amide bonds. The number of rotatable bonds is 4. The molecule has 0 aromatic heterocycles. The summed E-state index contributed by atoms with van der Waals surface area (Å²) in [6.45, 7) is 4.06. The first kappa shape index (κ1) is 10.8. The number of carbonyl (C=O) groups excluding carboxylic acids is 1. The van der Waals surface area contributed by atoms with Gasteiger partial charge in [0.25, 0.3) is 0 Å². The largest absolute Gasteiger partial charge is 0.399 e. The van der Waals surface area contributed by atoms with Gasteiger partial charge in [-0.2, -0.15) is 0 Å². The van der Waals surface area contributed by atoms with Gasteiger partial charge in [0.2, 0.25) is 0 Å². The van der Waals surface area contributed by atoms with Crippen molar-refractivity contribution in [1.82, 2.24) is 0 Å². The Labute approximate surface area is 85.1 Å². The molecule has 0 aliphatic rings. The van der Waals surface area contributed by atoms with Crippen LogP contribution in [0.25, 0.3) is 0 Å². The lowest BCUT2D eigenvalue weighted by Gasteiger charge is -2.08. The Kier molecular flexibility index (Phi) is 3.69. The highest BCUT2D eigenvalue weighted by Crippen LogP contribution is 2.14. The minimum atomic E-state index is 0.114. The average molecular weight is 191 g/mol. The molecular formula is C12H17NO. The Morgan fingerprint density at radius 1 is 1.36 bits per heavy atom. The van der Waals surface area contributed by atoms with E-state index < -0.39 is 0 Å². The van der Waals surface area contributed by atoms with Crippen LogP contribution in [0.5, 0.6) is 0 Å². The fourth-order valence-corrected chi connectivity index (χ4v) is 1.50. The monoisotopic (exact) mass is 191 g/mol. The van der Waals surface area contributed by atoms with Crippen LogP contribution in [-0.4, -0.2) is 5.78 Å². The molecule has 0 aliphatic heterocycles. The molecular weight excluding hydrogens is 174 g/mol. The third-order valence-electron chi connectivity index (χ3n) is 2.36. The van der Waals surface area contributed by atoms with Crippen LogP contribution in [0.2, 0.25) is 0 Å². The van der Waals surface area contributed by atoms with Crippen molar-refractivity contribution in [1.29, 1.82) is 0 Å². The molecule has 0 aliphatic carbocycles. The molecule has 1 atom stereocenters. The van der Waals surface area contributed by atoms with Gasteiger partial charge < -0.3 is 5.73 Å². The molecule has 0 saturated carbocycles. The molecule has 1 aromatic carbocycles. The van der Waals surface area contributed by atoms with Gasteiger partial charge in [-0.25, -0.2) is 0 Å². The van der Waals surface area contributed by atoms with Crippen molar-refractivity contribution < 1.29 is 4.79 Å². The van der Waals surface area contributed by atoms with E-state index in [9.17, 15) is 4.79 Å². The van der Waals surface area contributed by atoms with Gasteiger partial charge in [0.05, 0.1) is 0 Å². The summed E-state index contributed by atoms with van der Waals surface area (Å²) >= 11 is 0. The first-order chi connectivity index (χ1) is 6.65. The van der Waals surface area contributed by atoms with Crippen molar-refractivity contribution >= 4 is 11.5 Å².